The fraction of sp³-hybridized carbons (Fsp3) is 0.333. The van der Waals surface area contributed by atoms with Gasteiger partial charge in [0.2, 0.25) is 21.8 Å². The van der Waals surface area contributed by atoms with Crippen molar-refractivity contribution in [3.63, 3.8) is 0 Å². The molecule has 0 aliphatic heterocycles. The van der Waals surface area contributed by atoms with Crippen molar-refractivity contribution >= 4 is 39.3 Å². The van der Waals surface area contributed by atoms with Crippen molar-refractivity contribution in [2.75, 3.05) is 19.4 Å². The monoisotopic (exact) mass is 449 g/mol. The molecule has 0 saturated heterocycles. The molecule has 2 aromatic rings. The minimum Gasteiger partial charge on any atom is -0.349 e. The van der Waals surface area contributed by atoms with E-state index >= 15 is 0 Å². The number of hydrogen-bond donors (Lipinski definition) is 2. The molecule has 9 heteroatoms. The standard InChI is InChI=1S/C21H27N3O4S2/c1-14(17-6-12-20(13-7-17)30(27,28)24(4)5)22-21(26)15(2)29-19-10-8-18(9-11-19)23-16(3)25/h6-15H,1-5H3,(H,22,26)(H,23,25). The van der Waals surface area contributed by atoms with Crippen LogP contribution in [-0.4, -0.2) is 43.9 Å². The molecule has 0 aliphatic carbocycles. The van der Waals surface area contributed by atoms with E-state index in [0.29, 0.717) is 5.69 Å². The highest BCUT2D eigenvalue weighted by atomic mass is 32.2. The summed E-state index contributed by atoms with van der Waals surface area (Å²) in [5, 5.41) is 5.34. The van der Waals surface area contributed by atoms with Gasteiger partial charge in [0.15, 0.2) is 0 Å². The maximum atomic E-state index is 12.6. The van der Waals surface area contributed by atoms with E-state index < -0.39 is 10.0 Å². The summed E-state index contributed by atoms with van der Waals surface area (Å²) in [4.78, 5) is 24.8. The number of nitrogens with one attached hydrogen (secondary N) is 2. The van der Waals surface area contributed by atoms with Crippen molar-refractivity contribution in [2.24, 2.45) is 0 Å². The number of benzene rings is 2. The molecule has 2 N–H and O–H groups in total. The average Bonchev–Trinajstić information content (AvgIpc) is 2.68. The number of nitrogens with zero attached hydrogens (tertiary/aromatic N) is 1. The maximum absolute atomic E-state index is 12.6. The van der Waals surface area contributed by atoms with Crippen LogP contribution in [0, 0.1) is 0 Å². The van der Waals surface area contributed by atoms with Crippen LogP contribution in [0.2, 0.25) is 0 Å². The summed E-state index contributed by atoms with van der Waals surface area (Å²) < 4.78 is 25.5. The van der Waals surface area contributed by atoms with E-state index in [1.165, 1.54) is 32.8 Å². The minimum absolute atomic E-state index is 0.122. The van der Waals surface area contributed by atoms with Crippen molar-refractivity contribution in [2.45, 2.75) is 41.9 Å². The van der Waals surface area contributed by atoms with Gasteiger partial charge in [-0.3, -0.25) is 9.59 Å². The number of anilines is 1. The Balaban J connectivity index is 1.97. The highest BCUT2D eigenvalue weighted by molar-refractivity contribution is 8.00. The van der Waals surface area contributed by atoms with Gasteiger partial charge in [-0.25, -0.2) is 12.7 Å². The van der Waals surface area contributed by atoms with Gasteiger partial charge in [-0.05, 0) is 55.8 Å². The van der Waals surface area contributed by atoms with Crippen molar-refractivity contribution in [3.05, 3.63) is 54.1 Å². The summed E-state index contributed by atoms with van der Waals surface area (Å²) in [6.07, 6.45) is 0. The Kier molecular flexibility index (Phi) is 8.05. The molecule has 162 valence electrons. The lowest BCUT2D eigenvalue weighted by Gasteiger charge is -2.18. The number of carbonyl (C=O) groups excluding carboxylic acids is 2. The minimum atomic E-state index is -3.48. The Hall–Kier alpha value is -2.36. The van der Waals surface area contributed by atoms with Crippen LogP contribution in [0.4, 0.5) is 5.69 Å². The summed E-state index contributed by atoms with van der Waals surface area (Å²) in [6, 6.07) is 13.5. The predicted octanol–water partition coefficient (Wildman–Crippen LogP) is 3.25. The van der Waals surface area contributed by atoms with Crippen LogP contribution in [0.3, 0.4) is 0 Å². The highest BCUT2D eigenvalue weighted by Crippen LogP contribution is 2.26. The number of amides is 2. The van der Waals surface area contributed by atoms with E-state index in [-0.39, 0.29) is 28.0 Å². The molecular formula is C21H27N3O4S2. The first-order chi connectivity index (χ1) is 14.0. The lowest BCUT2D eigenvalue weighted by atomic mass is 10.1. The quantitative estimate of drug-likeness (QED) is 0.603. The van der Waals surface area contributed by atoms with Crippen LogP contribution in [0.1, 0.15) is 32.4 Å². The number of rotatable bonds is 8. The highest BCUT2D eigenvalue weighted by Gasteiger charge is 2.20. The van der Waals surface area contributed by atoms with Gasteiger partial charge in [0, 0.05) is 31.6 Å². The summed E-state index contributed by atoms with van der Waals surface area (Å²) in [7, 11) is -0.512. The van der Waals surface area contributed by atoms with E-state index in [2.05, 4.69) is 10.6 Å². The first-order valence-electron chi connectivity index (χ1n) is 9.38. The van der Waals surface area contributed by atoms with Crippen molar-refractivity contribution in [3.8, 4) is 0 Å². The molecule has 0 fully saturated rings. The van der Waals surface area contributed by atoms with E-state index in [9.17, 15) is 18.0 Å². The third kappa shape index (κ3) is 6.32. The van der Waals surface area contributed by atoms with Gasteiger partial charge in [0.1, 0.15) is 0 Å². The smallest absolute Gasteiger partial charge is 0.242 e. The summed E-state index contributed by atoms with van der Waals surface area (Å²) in [6.45, 7) is 5.12. The maximum Gasteiger partial charge on any atom is 0.242 e. The SMILES string of the molecule is CC(=O)Nc1ccc(SC(C)C(=O)NC(C)c2ccc(S(=O)(=O)N(C)C)cc2)cc1. The second-order valence-corrected chi connectivity index (χ2v) is 10.6. The molecule has 0 radical (unpaired) electrons. The van der Waals surface area contributed by atoms with Gasteiger partial charge < -0.3 is 10.6 Å². The molecule has 0 bridgehead atoms. The molecule has 0 aliphatic rings. The number of hydrogen-bond acceptors (Lipinski definition) is 5. The molecule has 0 spiro atoms. The third-order valence-corrected chi connectivity index (χ3v) is 7.32. The Morgan fingerprint density at radius 1 is 0.967 bits per heavy atom. The molecule has 0 heterocycles. The summed E-state index contributed by atoms with van der Waals surface area (Å²) in [5.74, 6) is -0.257. The van der Waals surface area contributed by atoms with E-state index in [1.54, 1.807) is 36.4 Å². The summed E-state index contributed by atoms with van der Waals surface area (Å²) in [5.41, 5.74) is 1.52. The fourth-order valence-electron chi connectivity index (χ4n) is 2.63. The second-order valence-electron chi connectivity index (χ2n) is 7.05. The molecule has 30 heavy (non-hydrogen) atoms. The lowest BCUT2D eigenvalue weighted by Crippen LogP contribution is -2.33. The van der Waals surface area contributed by atoms with Crippen LogP contribution in [0.15, 0.2) is 58.3 Å². The average molecular weight is 450 g/mol. The van der Waals surface area contributed by atoms with E-state index in [4.69, 9.17) is 0 Å². The molecule has 0 saturated carbocycles. The van der Waals surface area contributed by atoms with Crippen molar-refractivity contribution < 1.29 is 18.0 Å². The molecule has 2 rings (SSSR count). The van der Waals surface area contributed by atoms with Gasteiger partial charge in [0.25, 0.3) is 0 Å². The van der Waals surface area contributed by atoms with Crippen LogP contribution >= 0.6 is 11.8 Å². The summed E-state index contributed by atoms with van der Waals surface area (Å²) >= 11 is 1.42. The van der Waals surface area contributed by atoms with Gasteiger partial charge in [0.05, 0.1) is 16.2 Å². The first-order valence-corrected chi connectivity index (χ1v) is 11.7. The molecule has 2 atom stereocenters. The van der Waals surface area contributed by atoms with Crippen LogP contribution in [-0.2, 0) is 19.6 Å². The zero-order valence-electron chi connectivity index (χ0n) is 17.7. The zero-order valence-corrected chi connectivity index (χ0v) is 19.3. The van der Waals surface area contributed by atoms with Gasteiger partial charge in [-0.15, -0.1) is 11.8 Å². The topological polar surface area (TPSA) is 95.6 Å². The van der Waals surface area contributed by atoms with E-state index in [0.717, 1.165) is 14.8 Å². The van der Waals surface area contributed by atoms with Gasteiger partial charge in [-0.2, -0.15) is 0 Å². The molecular weight excluding hydrogens is 422 g/mol. The van der Waals surface area contributed by atoms with Crippen LogP contribution in [0.25, 0.3) is 0 Å². The molecule has 0 aromatic heterocycles. The molecule has 7 nitrogen and oxygen atoms in total. The molecule has 2 unspecified atom stereocenters. The fourth-order valence-corrected chi connectivity index (χ4v) is 4.41. The number of sulfonamides is 1. The van der Waals surface area contributed by atoms with Crippen LogP contribution in [0.5, 0.6) is 0 Å². The normalized spacial score (nSPS) is 13.5. The number of carbonyl (C=O) groups is 2. The zero-order chi connectivity index (χ0) is 22.5. The van der Waals surface area contributed by atoms with E-state index in [1.807, 2.05) is 26.0 Å². The lowest BCUT2D eigenvalue weighted by molar-refractivity contribution is -0.121. The van der Waals surface area contributed by atoms with Crippen molar-refractivity contribution in [1.82, 2.24) is 9.62 Å². The number of thioether (sulfide) groups is 1. The Morgan fingerprint density at radius 3 is 2.03 bits per heavy atom. The Bertz CT molecular complexity index is 988. The van der Waals surface area contributed by atoms with Gasteiger partial charge in [-0.1, -0.05) is 12.1 Å². The largest absolute Gasteiger partial charge is 0.349 e. The predicted molar refractivity (Wildman–Crippen MR) is 120 cm³/mol. The first kappa shape index (κ1) is 23.9. The molecule has 2 amide bonds. The Morgan fingerprint density at radius 2 is 1.53 bits per heavy atom. The van der Waals surface area contributed by atoms with Crippen molar-refractivity contribution in [1.29, 1.82) is 0 Å². The third-order valence-electron chi connectivity index (χ3n) is 4.37. The van der Waals surface area contributed by atoms with Crippen LogP contribution < -0.4 is 10.6 Å². The molecule has 2 aromatic carbocycles. The Labute approximate surface area is 182 Å². The van der Waals surface area contributed by atoms with Gasteiger partial charge >= 0.3 is 0 Å². The second kappa shape index (κ2) is 10.1.